The lowest BCUT2D eigenvalue weighted by atomic mass is 10.2. The number of carbonyl (C=O) groups excluding carboxylic acids is 1. The van der Waals surface area contributed by atoms with Crippen molar-refractivity contribution < 1.29 is 13.6 Å². The molecule has 13 heavy (non-hydrogen) atoms. The van der Waals surface area contributed by atoms with Crippen molar-refractivity contribution in [1.82, 2.24) is 4.98 Å². The van der Waals surface area contributed by atoms with Crippen molar-refractivity contribution in [1.29, 1.82) is 0 Å². The highest BCUT2D eigenvalue weighted by atomic mass is 79.9. The Labute approximate surface area is 81.1 Å². The van der Waals surface area contributed by atoms with E-state index in [-0.39, 0.29) is 10.0 Å². The highest BCUT2D eigenvalue weighted by molar-refractivity contribution is 9.10. The van der Waals surface area contributed by atoms with Gasteiger partial charge in [0.2, 0.25) is 0 Å². The van der Waals surface area contributed by atoms with Gasteiger partial charge in [-0.1, -0.05) is 0 Å². The third kappa shape index (κ3) is 2.21. The van der Waals surface area contributed by atoms with Gasteiger partial charge in [-0.05, 0) is 22.0 Å². The van der Waals surface area contributed by atoms with Gasteiger partial charge in [-0.3, -0.25) is 9.78 Å². The Morgan fingerprint density at radius 1 is 1.62 bits per heavy atom. The molecule has 0 fully saturated rings. The summed E-state index contributed by atoms with van der Waals surface area (Å²) in [4.78, 5) is 14.0. The summed E-state index contributed by atoms with van der Waals surface area (Å²) < 4.78 is 24.4. The van der Waals surface area contributed by atoms with Gasteiger partial charge < -0.3 is 5.73 Å². The van der Waals surface area contributed by atoms with E-state index in [9.17, 15) is 13.6 Å². The summed E-state index contributed by atoms with van der Waals surface area (Å²) in [6.07, 6.45) is -1.63. The van der Waals surface area contributed by atoms with Crippen LogP contribution in [-0.2, 0) is 0 Å². The third-order valence-electron chi connectivity index (χ3n) is 1.36. The van der Waals surface area contributed by atoms with Crippen LogP contribution in [0.4, 0.5) is 8.78 Å². The molecular weight excluding hydrogens is 246 g/mol. The Bertz CT molecular complexity index is 343. The molecule has 1 heterocycles. The molecule has 0 radical (unpaired) electrons. The number of nitrogens with two attached hydrogens (primary N) is 1. The van der Waals surface area contributed by atoms with Crippen LogP contribution in [0, 0.1) is 0 Å². The first kappa shape index (κ1) is 10.0. The Kier molecular flexibility index (Phi) is 2.92. The van der Waals surface area contributed by atoms with E-state index in [1.54, 1.807) is 0 Å². The van der Waals surface area contributed by atoms with Gasteiger partial charge in [-0.2, -0.15) is 0 Å². The molecule has 0 aromatic carbocycles. The van der Waals surface area contributed by atoms with E-state index in [2.05, 4.69) is 20.9 Å². The van der Waals surface area contributed by atoms with Crippen molar-refractivity contribution in [2.24, 2.45) is 5.73 Å². The molecule has 0 bridgehead atoms. The number of nitrogens with zero attached hydrogens (tertiary/aromatic N) is 1. The van der Waals surface area contributed by atoms with E-state index in [4.69, 9.17) is 5.73 Å². The maximum absolute atomic E-state index is 12.1. The molecule has 1 aromatic heterocycles. The molecule has 0 aliphatic rings. The molecule has 0 spiro atoms. The smallest absolute Gasteiger partial charge is 0.280 e. The molecule has 0 unspecified atom stereocenters. The van der Waals surface area contributed by atoms with Crippen LogP contribution in [0.5, 0.6) is 0 Å². The van der Waals surface area contributed by atoms with Crippen LogP contribution in [0.1, 0.15) is 22.5 Å². The number of hydrogen-bond donors (Lipinski definition) is 1. The molecule has 0 aliphatic carbocycles. The zero-order valence-corrected chi connectivity index (χ0v) is 7.88. The largest absolute Gasteiger partial charge is 0.366 e. The fourth-order valence-corrected chi connectivity index (χ4v) is 1.28. The van der Waals surface area contributed by atoms with Crippen molar-refractivity contribution in [2.75, 3.05) is 0 Å². The van der Waals surface area contributed by atoms with Crippen LogP contribution >= 0.6 is 15.9 Å². The number of alkyl halides is 2. The summed E-state index contributed by atoms with van der Waals surface area (Å²) in [5, 5.41) is 0. The minimum atomic E-state index is -2.65. The van der Waals surface area contributed by atoms with Gasteiger partial charge in [0, 0.05) is 10.7 Å². The highest BCUT2D eigenvalue weighted by Crippen LogP contribution is 2.22. The van der Waals surface area contributed by atoms with Gasteiger partial charge in [0.1, 0.15) is 5.69 Å². The number of amides is 1. The minimum absolute atomic E-state index is 0.0874. The predicted octanol–water partition coefficient (Wildman–Crippen LogP) is 1.88. The van der Waals surface area contributed by atoms with E-state index >= 15 is 0 Å². The predicted molar refractivity (Wildman–Crippen MR) is 45.4 cm³/mol. The number of rotatable bonds is 2. The number of aromatic nitrogens is 1. The highest BCUT2D eigenvalue weighted by Gasteiger charge is 2.13. The van der Waals surface area contributed by atoms with Crippen molar-refractivity contribution in [3.63, 3.8) is 0 Å². The summed E-state index contributed by atoms with van der Waals surface area (Å²) in [5.74, 6) is -0.708. The van der Waals surface area contributed by atoms with Crippen molar-refractivity contribution >= 4 is 21.8 Å². The number of pyridine rings is 1. The van der Waals surface area contributed by atoms with Crippen LogP contribution < -0.4 is 5.73 Å². The first-order valence-electron chi connectivity index (χ1n) is 3.25. The molecule has 0 saturated carbocycles. The van der Waals surface area contributed by atoms with Gasteiger partial charge in [-0.25, -0.2) is 8.78 Å². The molecule has 1 rings (SSSR count). The van der Waals surface area contributed by atoms with E-state index in [1.807, 2.05) is 0 Å². The van der Waals surface area contributed by atoms with E-state index in [1.165, 1.54) is 0 Å². The number of primary amides is 1. The zero-order valence-electron chi connectivity index (χ0n) is 6.30. The molecule has 0 atom stereocenters. The van der Waals surface area contributed by atoms with Gasteiger partial charge in [0.05, 0.1) is 5.56 Å². The SMILES string of the molecule is NC(=O)c1cnc(C(F)F)cc1Br. The summed E-state index contributed by atoms with van der Waals surface area (Å²) in [7, 11) is 0. The van der Waals surface area contributed by atoms with Crippen LogP contribution in [0.2, 0.25) is 0 Å². The van der Waals surface area contributed by atoms with Gasteiger partial charge in [0.15, 0.2) is 0 Å². The molecule has 0 saturated heterocycles. The van der Waals surface area contributed by atoms with Crippen molar-refractivity contribution in [2.45, 2.75) is 6.43 Å². The summed E-state index contributed by atoms with van der Waals surface area (Å²) in [5.41, 5.74) is 4.64. The standard InChI is InChI=1S/C7H5BrF2N2O/c8-4-1-5(6(9)10)12-2-3(4)7(11)13/h1-2,6H,(H2,11,13). The van der Waals surface area contributed by atoms with Crippen molar-refractivity contribution in [3.8, 4) is 0 Å². The monoisotopic (exact) mass is 250 g/mol. The summed E-state index contributed by atoms with van der Waals surface area (Å²) >= 11 is 2.94. The van der Waals surface area contributed by atoms with Crippen LogP contribution in [0.3, 0.4) is 0 Å². The lowest BCUT2D eigenvalue weighted by molar-refractivity contribution is 0.0998. The Balaban J connectivity index is 3.13. The maximum Gasteiger partial charge on any atom is 0.280 e. The van der Waals surface area contributed by atoms with Crippen LogP contribution in [0.15, 0.2) is 16.7 Å². The van der Waals surface area contributed by atoms with Crippen LogP contribution in [0.25, 0.3) is 0 Å². The quantitative estimate of drug-likeness (QED) is 0.872. The minimum Gasteiger partial charge on any atom is -0.366 e. The molecule has 2 N–H and O–H groups in total. The fraction of sp³-hybridized carbons (Fsp3) is 0.143. The molecule has 3 nitrogen and oxygen atoms in total. The summed E-state index contributed by atoms with van der Waals surface area (Å²) in [6, 6.07) is 1.07. The lowest BCUT2D eigenvalue weighted by Gasteiger charge is -2.02. The number of carbonyl (C=O) groups is 1. The third-order valence-corrected chi connectivity index (χ3v) is 2.02. The van der Waals surface area contributed by atoms with Crippen LogP contribution in [-0.4, -0.2) is 10.9 Å². The molecule has 70 valence electrons. The van der Waals surface area contributed by atoms with Gasteiger partial charge in [-0.15, -0.1) is 0 Å². The Morgan fingerprint density at radius 2 is 2.23 bits per heavy atom. The normalized spacial score (nSPS) is 10.5. The van der Waals surface area contributed by atoms with Gasteiger partial charge in [0.25, 0.3) is 12.3 Å². The number of halogens is 3. The summed E-state index contributed by atoms with van der Waals surface area (Å²) in [6.45, 7) is 0. The second-order valence-corrected chi connectivity index (χ2v) is 3.11. The first-order valence-corrected chi connectivity index (χ1v) is 4.05. The average Bonchev–Trinajstić information content (AvgIpc) is 2.03. The second kappa shape index (κ2) is 3.78. The number of hydrogen-bond acceptors (Lipinski definition) is 2. The van der Waals surface area contributed by atoms with E-state index in [0.717, 1.165) is 12.3 Å². The Morgan fingerprint density at radius 3 is 2.62 bits per heavy atom. The second-order valence-electron chi connectivity index (χ2n) is 2.25. The molecule has 1 aromatic rings. The molecule has 0 aliphatic heterocycles. The van der Waals surface area contributed by atoms with Gasteiger partial charge >= 0.3 is 0 Å². The molecule has 6 heteroatoms. The van der Waals surface area contributed by atoms with E-state index in [0.29, 0.717) is 0 Å². The lowest BCUT2D eigenvalue weighted by Crippen LogP contribution is -2.12. The topological polar surface area (TPSA) is 56.0 Å². The fourth-order valence-electron chi connectivity index (χ4n) is 0.746. The molecular formula is C7H5BrF2N2O. The zero-order chi connectivity index (χ0) is 10.0. The average molecular weight is 251 g/mol. The Hall–Kier alpha value is -1.04. The first-order chi connectivity index (χ1) is 6.02. The molecule has 1 amide bonds. The maximum atomic E-state index is 12.1. The van der Waals surface area contributed by atoms with Crippen molar-refractivity contribution in [3.05, 3.63) is 28.0 Å². The van der Waals surface area contributed by atoms with E-state index < -0.39 is 18.0 Å².